The van der Waals surface area contributed by atoms with Gasteiger partial charge >= 0.3 is 0 Å². The molecule has 0 aromatic heterocycles. The van der Waals surface area contributed by atoms with Gasteiger partial charge in [-0.1, -0.05) is 17.7 Å². The van der Waals surface area contributed by atoms with E-state index in [1.165, 1.54) is 12.1 Å². The standard InChI is InChI=1S/C10H8ClFN2O/c11-7-2-1-3-8(12)6(7)4-9-13-5-10(15)14-9/h1-3H,4-5H2,(H,13,14,15). The monoisotopic (exact) mass is 226 g/mol. The highest BCUT2D eigenvalue weighted by Gasteiger charge is 2.16. The Morgan fingerprint density at radius 2 is 2.33 bits per heavy atom. The van der Waals surface area contributed by atoms with Crippen LogP contribution in [0.1, 0.15) is 5.56 Å². The Hall–Kier alpha value is -1.42. The van der Waals surface area contributed by atoms with E-state index < -0.39 is 0 Å². The molecule has 0 saturated heterocycles. The van der Waals surface area contributed by atoms with Gasteiger partial charge in [0, 0.05) is 17.0 Å². The lowest BCUT2D eigenvalue weighted by molar-refractivity contribution is -0.117. The van der Waals surface area contributed by atoms with Gasteiger partial charge in [0.25, 0.3) is 0 Å². The Morgan fingerprint density at radius 1 is 1.53 bits per heavy atom. The highest BCUT2D eigenvalue weighted by atomic mass is 35.5. The van der Waals surface area contributed by atoms with Gasteiger partial charge in [-0.15, -0.1) is 0 Å². The lowest BCUT2D eigenvalue weighted by Gasteiger charge is -2.05. The second-order valence-electron chi connectivity index (χ2n) is 3.19. The third-order valence-electron chi connectivity index (χ3n) is 2.10. The smallest absolute Gasteiger partial charge is 0.247 e. The van der Waals surface area contributed by atoms with E-state index in [1.54, 1.807) is 6.07 Å². The molecule has 1 aromatic carbocycles. The van der Waals surface area contributed by atoms with Crippen LogP contribution in [-0.2, 0) is 11.2 Å². The van der Waals surface area contributed by atoms with Gasteiger partial charge in [-0.05, 0) is 12.1 Å². The molecule has 1 aliphatic heterocycles. The SMILES string of the molecule is O=C1CN=C(Cc2c(F)cccc2Cl)N1. The van der Waals surface area contributed by atoms with Crippen LogP contribution in [0.3, 0.4) is 0 Å². The second kappa shape index (κ2) is 3.98. The maximum absolute atomic E-state index is 13.3. The van der Waals surface area contributed by atoms with Gasteiger partial charge in [-0.3, -0.25) is 9.79 Å². The summed E-state index contributed by atoms with van der Waals surface area (Å²) in [6, 6.07) is 4.48. The number of amidine groups is 1. The molecule has 15 heavy (non-hydrogen) atoms. The van der Waals surface area contributed by atoms with Crippen LogP contribution in [0.25, 0.3) is 0 Å². The molecular formula is C10H8ClFN2O. The molecule has 1 aliphatic rings. The van der Waals surface area contributed by atoms with Crippen molar-refractivity contribution in [2.24, 2.45) is 4.99 Å². The second-order valence-corrected chi connectivity index (χ2v) is 3.60. The Balaban J connectivity index is 2.21. The summed E-state index contributed by atoms with van der Waals surface area (Å²) in [5.41, 5.74) is 0.361. The van der Waals surface area contributed by atoms with Crippen LogP contribution in [0.15, 0.2) is 23.2 Å². The van der Waals surface area contributed by atoms with Gasteiger partial charge in [0.05, 0.1) is 0 Å². The van der Waals surface area contributed by atoms with E-state index in [-0.39, 0.29) is 24.7 Å². The predicted molar refractivity (Wildman–Crippen MR) is 55.6 cm³/mol. The van der Waals surface area contributed by atoms with Gasteiger partial charge in [-0.2, -0.15) is 0 Å². The predicted octanol–water partition coefficient (Wildman–Crippen LogP) is 1.55. The fraction of sp³-hybridized carbons (Fsp3) is 0.200. The zero-order valence-corrected chi connectivity index (χ0v) is 8.51. The molecule has 1 N–H and O–H groups in total. The molecule has 0 saturated carbocycles. The number of aliphatic imine (C=N–C) groups is 1. The van der Waals surface area contributed by atoms with Crippen molar-refractivity contribution in [2.75, 3.05) is 6.54 Å². The first-order valence-electron chi connectivity index (χ1n) is 4.43. The summed E-state index contributed by atoms with van der Waals surface area (Å²) in [5.74, 6) is -0.0872. The van der Waals surface area contributed by atoms with E-state index in [0.717, 1.165) is 0 Å². The normalized spacial score (nSPS) is 15.1. The van der Waals surface area contributed by atoms with E-state index in [1.807, 2.05) is 0 Å². The van der Waals surface area contributed by atoms with Crippen molar-refractivity contribution in [3.05, 3.63) is 34.6 Å². The summed E-state index contributed by atoms with van der Waals surface area (Å²) in [4.78, 5) is 14.8. The largest absolute Gasteiger partial charge is 0.313 e. The molecule has 1 aromatic rings. The van der Waals surface area contributed by atoms with Crippen LogP contribution < -0.4 is 5.32 Å². The first-order valence-corrected chi connectivity index (χ1v) is 4.80. The molecule has 0 fully saturated rings. The minimum absolute atomic E-state index is 0.113. The zero-order chi connectivity index (χ0) is 10.8. The van der Waals surface area contributed by atoms with Crippen LogP contribution in [0.4, 0.5) is 4.39 Å². The third kappa shape index (κ3) is 2.15. The van der Waals surface area contributed by atoms with Gasteiger partial charge < -0.3 is 5.32 Å². The van der Waals surface area contributed by atoms with Gasteiger partial charge in [-0.25, -0.2) is 4.39 Å². The van der Waals surface area contributed by atoms with Crippen molar-refractivity contribution in [2.45, 2.75) is 6.42 Å². The molecule has 78 valence electrons. The molecule has 1 amide bonds. The molecule has 0 radical (unpaired) electrons. The van der Waals surface area contributed by atoms with E-state index in [9.17, 15) is 9.18 Å². The summed E-state index contributed by atoms with van der Waals surface area (Å²) in [6.45, 7) is 0.113. The maximum atomic E-state index is 13.3. The van der Waals surface area contributed by atoms with Crippen LogP contribution in [0, 0.1) is 5.82 Å². The minimum Gasteiger partial charge on any atom is -0.313 e. The number of rotatable bonds is 2. The van der Waals surface area contributed by atoms with Crippen LogP contribution in [0.2, 0.25) is 5.02 Å². The molecular weight excluding hydrogens is 219 g/mol. The molecule has 1 heterocycles. The Morgan fingerprint density at radius 3 is 2.93 bits per heavy atom. The van der Waals surface area contributed by atoms with Crippen LogP contribution in [-0.4, -0.2) is 18.3 Å². The topological polar surface area (TPSA) is 41.5 Å². The molecule has 0 atom stereocenters. The first kappa shape index (κ1) is 10.1. The van der Waals surface area contributed by atoms with Crippen molar-refractivity contribution in [3.63, 3.8) is 0 Å². The lowest BCUT2D eigenvalue weighted by Crippen LogP contribution is -2.26. The average Bonchev–Trinajstić information content (AvgIpc) is 2.58. The highest BCUT2D eigenvalue weighted by molar-refractivity contribution is 6.31. The number of benzene rings is 1. The van der Waals surface area contributed by atoms with Crippen LogP contribution >= 0.6 is 11.6 Å². The molecule has 0 bridgehead atoms. The molecule has 0 spiro atoms. The fourth-order valence-electron chi connectivity index (χ4n) is 1.38. The van der Waals surface area contributed by atoms with Gasteiger partial charge in [0.15, 0.2) is 0 Å². The number of hydrogen-bond acceptors (Lipinski definition) is 2. The first-order chi connectivity index (χ1) is 7.16. The summed E-state index contributed by atoms with van der Waals surface area (Å²) >= 11 is 5.84. The van der Waals surface area contributed by atoms with Crippen molar-refractivity contribution >= 4 is 23.3 Å². The Bertz CT molecular complexity index is 425. The van der Waals surface area contributed by atoms with Crippen LogP contribution in [0.5, 0.6) is 0 Å². The maximum Gasteiger partial charge on any atom is 0.247 e. The van der Waals surface area contributed by atoms with E-state index >= 15 is 0 Å². The Kier molecular flexibility index (Phi) is 2.68. The van der Waals surface area contributed by atoms with E-state index in [0.29, 0.717) is 16.4 Å². The number of carbonyl (C=O) groups excluding carboxylic acids is 1. The Labute approximate surface area is 91.0 Å². The molecule has 3 nitrogen and oxygen atoms in total. The number of nitrogens with zero attached hydrogens (tertiary/aromatic N) is 1. The number of nitrogens with one attached hydrogen (secondary N) is 1. The number of amides is 1. The number of halogens is 2. The number of hydrogen-bond donors (Lipinski definition) is 1. The van der Waals surface area contributed by atoms with Crippen molar-refractivity contribution in [1.29, 1.82) is 0 Å². The summed E-state index contributed by atoms with van der Waals surface area (Å²) in [5, 5.41) is 2.89. The molecule has 0 aliphatic carbocycles. The fourth-order valence-corrected chi connectivity index (χ4v) is 1.61. The van der Waals surface area contributed by atoms with E-state index in [4.69, 9.17) is 11.6 Å². The minimum atomic E-state index is -0.383. The van der Waals surface area contributed by atoms with Gasteiger partial charge in [0.2, 0.25) is 5.91 Å². The summed E-state index contributed by atoms with van der Waals surface area (Å²) in [6.07, 6.45) is 0.219. The molecule has 2 rings (SSSR count). The third-order valence-corrected chi connectivity index (χ3v) is 2.46. The van der Waals surface area contributed by atoms with Crippen molar-refractivity contribution in [3.8, 4) is 0 Å². The van der Waals surface area contributed by atoms with Gasteiger partial charge in [0.1, 0.15) is 18.2 Å². The number of carbonyl (C=O) groups is 1. The summed E-state index contributed by atoms with van der Waals surface area (Å²) < 4.78 is 13.3. The zero-order valence-electron chi connectivity index (χ0n) is 7.76. The molecule has 5 heteroatoms. The molecule has 0 unspecified atom stereocenters. The van der Waals surface area contributed by atoms with E-state index in [2.05, 4.69) is 10.3 Å². The van der Waals surface area contributed by atoms with Crippen molar-refractivity contribution in [1.82, 2.24) is 5.32 Å². The quantitative estimate of drug-likeness (QED) is 0.817. The van der Waals surface area contributed by atoms with Crippen molar-refractivity contribution < 1.29 is 9.18 Å². The lowest BCUT2D eigenvalue weighted by atomic mass is 10.1. The summed E-state index contributed by atoms with van der Waals surface area (Å²) in [7, 11) is 0. The highest BCUT2D eigenvalue weighted by Crippen LogP contribution is 2.19. The average molecular weight is 227 g/mol.